The number of rotatable bonds is 11. The molecule has 3 aromatic carbocycles. The van der Waals surface area contributed by atoms with Crippen molar-refractivity contribution in [2.75, 3.05) is 50.0 Å². The number of piperazine rings is 1. The van der Waals surface area contributed by atoms with Gasteiger partial charge in [-0.05, 0) is 53.6 Å². The van der Waals surface area contributed by atoms with E-state index in [4.69, 9.17) is 9.79 Å². The van der Waals surface area contributed by atoms with Gasteiger partial charge >= 0.3 is 7.82 Å². The van der Waals surface area contributed by atoms with Crippen molar-refractivity contribution >= 4 is 47.9 Å². The van der Waals surface area contributed by atoms with Crippen LogP contribution in [-0.2, 0) is 20.3 Å². The molecule has 1 saturated heterocycles. The van der Waals surface area contributed by atoms with E-state index < -0.39 is 13.6 Å². The number of anilines is 3. The van der Waals surface area contributed by atoms with Crippen molar-refractivity contribution in [1.29, 1.82) is 0 Å². The molecule has 0 saturated carbocycles. The molecule has 14 nitrogen and oxygen atoms in total. The molecular formula is C32H32FN8O6P. The third-order valence-electron chi connectivity index (χ3n) is 7.76. The van der Waals surface area contributed by atoms with Crippen LogP contribution >= 0.6 is 7.82 Å². The molecule has 0 aliphatic carbocycles. The number of hydrogen-bond donors (Lipinski definition) is 5. The second-order valence-corrected chi connectivity index (χ2v) is 12.4. The average Bonchev–Trinajstić information content (AvgIpc) is 3.50. The lowest BCUT2D eigenvalue weighted by Gasteiger charge is -2.34. The molecule has 5 aromatic rings. The molecule has 1 aliphatic rings. The van der Waals surface area contributed by atoms with Crippen LogP contribution in [0, 0.1) is 5.82 Å². The van der Waals surface area contributed by atoms with Crippen LogP contribution in [0.3, 0.4) is 0 Å². The molecule has 3 heterocycles. The van der Waals surface area contributed by atoms with Crippen LogP contribution in [0.4, 0.5) is 21.7 Å². The first-order valence-corrected chi connectivity index (χ1v) is 16.6. The van der Waals surface area contributed by atoms with Crippen LogP contribution in [0.5, 0.6) is 0 Å². The van der Waals surface area contributed by atoms with Gasteiger partial charge in [0.2, 0.25) is 5.91 Å². The topological polar surface area (TPSA) is 186 Å². The molecule has 5 N–H and O–H groups in total. The number of carbonyl (C=O) groups is 2. The maximum Gasteiger partial charge on any atom is 0.469 e. The largest absolute Gasteiger partial charge is 0.469 e. The molecule has 0 spiro atoms. The van der Waals surface area contributed by atoms with Crippen molar-refractivity contribution in [2.24, 2.45) is 0 Å². The number of H-pyrrole nitrogens is 1. The summed E-state index contributed by atoms with van der Waals surface area (Å²) in [5.41, 5.74) is 4.00. The quantitative estimate of drug-likeness (QED) is 0.128. The number of aromatic nitrogens is 4. The van der Waals surface area contributed by atoms with Gasteiger partial charge in [-0.25, -0.2) is 18.9 Å². The minimum absolute atomic E-state index is 0.0138. The van der Waals surface area contributed by atoms with Crippen molar-refractivity contribution < 1.29 is 32.9 Å². The van der Waals surface area contributed by atoms with Gasteiger partial charge in [-0.3, -0.25) is 24.1 Å². The minimum Gasteiger partial charge on any atom is -0.336 e. The van der Waals surface area contributed by atoms with E-state index in [-0.39, 0.29) is 24.8 Å². The maximum absolute atomic E-state index is 13.4. The Morgan fingerprint density at radius 1 is 0.958 bits per heavy atom. The smallest absolute Gasteiger partial charge is 0.336 e. The van der Waals surface area contributed by atoms with E-state index in [0.29, 0.717) is 66.8 Å². The van der Waals surface area contributed by atoms with Gasteiger partial charge in [0.1, 0.15) is 18.0 Å². The SMILES string of the molecule is O=C(Cc1cc(Nc2ncnc3cc(-c4ccc(C(=O)N5CCN(CCOP(=O)(O)O)CC5)cc4)ccc23)n[nH]1)Nc1cccc(F)c1. The highest BCUT2D eigenvalue weighted by atomic mass is 31.2. The van der Waals surface area contributed by atoms with Crippen LogP contribution in [0.2, 0.25) is 0 Å². The zero-order chi connectivity index (χ0) is 33.7. The molecule has 0 bridgehead atoms. The zero-order valence-electron chi connectivity index (χ0n) is 25.5. The second kappa shape index (κ2) is 14.4. The molecule has 0 unspecified atom stereocenters. The highest BCUT2D eigenvalue weighted by Gasteiger charge is 2.23. The van der Waals surface area contributed by atoms with E-state index in [1.165, 1.54) is 24.5 Å². The van der Waals surface area contributed by atoms with E-state index >= 15 is 0 Å². The summed E-state index contributed by atoms with van der Waals surface area (Å²) < 4.78 is 28.8. The van der Waals surface area contributed by atoms with Gasteiger partial charge in [0.05, 0.1) is 18.5 Å². The van der Waals surface area contributed by atoms with E-state index in [9.17, 15) is 18.5 Å². The predicted octanol–water partition coefficient (Wildman–Crippen LogP) is 3.95. The number of phosphoric ester groups is 1. The molecule has 6 rings (SSSR count). The maximum atomic E-state index is 13.4. The molecule has 0 radical (unpaired) electrons. The number of fused-ring (bicyclic) bond motifs is 1. The number of aromatic amines is 1. The summed E-state index contributed by atoms with van der Waals surface area (Å²) in [6.07, 6.45) is 1.46. The molecule has 48 heavy (non-hydrogen) atoms. The monoisotopic (exact) mass is 674 g/mol. The fraction of sp³-hybridized carbons (Fsp3) is 0.219. The number of halogens is 1. The van der Waals surface area contributed by atoms with Gasteiger partial charge in [0.25, 0.3) is 5.91 Å². The number of carbonyl (C=O) groups excluding carboxylic acids is 2. The summed E-state index contributed by atoms with van der Waals surface area (Å²) in [5.74, 6) is 0.154. The van der Waals surface area contributed by atoms with Crippen molar-refractivity contribution in [3.05, 3.63) is 96.2 Å². The first-order chi connectivity index (χ1) is 23.1. The molecule has 1 aliphatic heterocycles. The predicted molar refractivity (Wildman–Crippen MR) is 176 cm³/mol. The Morgan fingerprint density at radius 3 is 2.48 bits per heavy atom. The lowest BCUT2D eigenvalue weighted by molar-refractivity contribution is -0.115. The Balaban J connectivity index is 1.05. The normalized spacial score (nSPS) is 13.9. The highest BCUT2D eigenvalue weighted by Crippen LogP contribution is 2.35. The van der Waals surface area contributed by atoms with Gasteiger partial charge < -0.3 is 25.3 Å². The van der Waals surface area contributed by atoms with Crippen LogP contribution < -0.4 is 10.6 Å². The van der Waals surface area contributed by atoms with Crippen molar-refractivity contribution in [1.82, 2.24) is 30.0 Å². The Hall–Kier alpha value is -5.05. The summed E-state index contributed by atoms with van der Waals surface area (Å²) >= 11 is 0. The summed E-state index contributed by atoms with van der Waals surface area (Å²) in [5, 5.41) is 13.7. The molecule has 0 atom stereocenters. The standard InChI is InChI=1S/C32H32FN8O6P/c33-24-2-1-3-25(17-24)36-30(42)19-26-18-29(39-38-26)37-31-27-9-8-23(16-28(27)34-20-35-31)21-4-6-22(7-5-21)32(43)41-12-10-40(11-13-41)14-15-47-48(44,45)46/h1-9,16-18,20H,10-15,19H2,(H,36,42)(H2,44,45,46)(H2,34,35,37,38,39). The number of nitrogens with zero attached hydrogens (tertiary/aromatic N) is 5. The number of amides is 2. The summed E-state index contributed by atoms with van der Waals surface area (Å²) in [6.45, 7) is 2.47. The first-order valence-electron chi connectivity index (χ1n) is 15.0. The average molecular weight is 675 g/mol. The Morgan fingerprint density at radius 2 is 1.73 bits per heavy atom. The van der Waals surface area contributed by atoms with Gasteiger partial charge in [0.15, 0.2) is 5.82 Å². The minimum atomic E-state index is -4.49. The fourth-order valence-corrected chi connectivity index (χ4v) is 5.69. The third kappa shape index (κ3) is 8.45. The van der Waals surface area contributed by atoms with E-state index in [1.807, 2.05) is 35.2 Å². The van der Waals surface area contributed by atoms with Gasteiger partial charge in [-0.2, -0.15) is 5.10 Å². The molecule has 2 amide bonds. The Kier molecular flexibility index (Phi) is 9.85. The van der Waals surface area contributed by atoms with Gasteiger partial charge in [-0.15, -0.1) is 0 Å². The van der Waals surface area contributed by atoms with Gasteiger partial charge in [0, 0.05) is 61.1 Å². The second-order valence-electron chi connectivity index (χ2n) is 11.1. The molecule has 2 aromatic heterocycles. The first kappa shape index (κ1) is 32.9. The molecule has 1 fully saturated rings. The van der Waals surface area contributed by atoms with Crippen LogP contribution in [0.15, 0.2) is 79.1 Å². The summed E-state index contributed by atoms with van der Waals surface area (Å²) in [4.78, 5) is 55.8. The van der Waals surface area contributed by atoms with E-state index in [1.54, 1.807) is 29.2 Å². The molecular weight excluding hydrogens is 642 g/mol. The number of benzene rings is 3. The third-order valence-corrected chi connectivity index (χ3v) is 8.28. The Bertz CT molecular complexity index is 1980. The molecule has 16 heteroatoms. The van der Waals surface area contributed by atoms with Crippen molar-refractivity contribution in [2.45, 2.75) is 6.42 Å². The van der Waals surface area contributed by atoms with Crippen LogP contribution in [0.25, 0.3) is 22.0 Å². The lowest BCUT2D eigenvalue weighted by Crippen LogP contribution is -2.49. The van der Waals surface area contributed by atoms with Crippen LogP contribution in [-0.4, -0.2) is 90.9 Å². The van der Waals surface area contributed by atoms with E-state index in [2.05, 4.69) is 35.3 Å². The fourth-order valence-electron chi connectivity index (χ4n) is 5.37. The number of phosphoric acid groups is 1. The summed E-state index contributed by atoms with van der Waals surface area (Å²) in [6, 6.07) is 20.5. The van der Waals surface area contributed by atoms with E-state index in [0.717, 1.165) is 16.5 Å². The number of hydrogen-bond acceptors (Lipinski definition) is 9. The van der Waals surface area contributed by atoms with Crippen LogP contribution in [0.1, 0.15) is 16.1 Å². The molecule has 248 valence electrons. The van der Waals surface area contributed by atoms with Crippen molar-refractivity contribution in [3.63, 3.8) is 0 Å². The van der Waals surface area contributed by atoms with Crippen molar-refractivity contribution in [3.8, 4) is 11.1 Å². The number of nitrogens with one attached hydrogen (secondary N) is 3. The Labute approximate surface area is 274 Å². The highest BCUT2D eigenvalue weighted by molar-refractivity contribution is 7.46. The van der Waals surface area contributed by atoms with Gasteiger partial charge in [-0.1, -0.05) is 24.3 Å². The zero-order valence-corrected chi connectivity index (χ0v) is 26.4. The summed E-state index contributed by atoms with van der Waals surface area (Å²) in [7, 11) is -4.49. The lowest BCUT2D eigenvalue weighted by atomic mass is 10.0.